The van der Waals surface area contributed by atoms with Crippen LogP contribution in [-0.2, 0) is 14.3 Å². The van der Waals surface area contributed by atoms with E-state index in [1.54, 1.807) is 19.1 Å². The fraction of sp³-hybridized carbons (Fsp3) is 0.444. The summed E-state index contributed by atoms with van der Waals surface area (Å²) < 4.78 is 5.37. The third-order valence-electron chi connectivity index (χ3n) is 3.49. The maximum atomic E-state index is 12.2. The van der Waals surface area contributed by atoms with Gasteiger partial charge in [0.15, 0.2) is 0 Å². The van der Waals surface area contributed by atoms with Crippen molar-refractivity contribution >= 4 is 23.2 Å². The zero-order chi connectivity index (χ0) is 17.2. The van der Waals surface area contributed by atoms with E-state index in [1.165, 1.54) is 11.3 Å². The van der Waals surface area contributed by atoms with Gasteiger partial charge >= 0.3 is 5.97 Å². The topological polar surface area (TPSA) is 55.4 Å². The van der Waals surface area contributed by atoms with Gasteiger partial charge in [-0.05, 0) is 24.3 Å². The van der Waals surface area contributed by atoms with Crippen LogP contribution in [0.25, 0.3) is 0 Å². The maximum Gasteiger partial charge on any atom is 0.309 e. The van der Waals surface area contributed by atoms with Crippen molar-refractivity contribution in [3.63, 3.8) is 0 Å². The van der Waals surface area contributed by atoms with Crippen LogP contribution in [0.2, 0.25) is 0 Å². The standard InChI is InChI=1S/C18H25NO3S/c1-5-8-13(3)17(20)19-15(16-10-7-11-23-16)12-22-18(21)14(4)9-6-2/h5-7,10-11,13-15H,1-2,8-9,12H2,3-4H3,(H,19,20)/t13-,14?,15+/m0/s1. The van der Waals surface area contributed by atoms with Crippen LogP contribution in [0.5, 0.6) is 0 Å². The molecule has 0 radical (unpaired) electrons. The van der Waals surface area contributed by atoms with Crippen LogP contribution in [0.4, 0.5) is 0 Å². The average molecular weight is 335 g/mol. The number of allylic oxidation sites excluding steroid dienone is 2. The molecule has 0 aliphatic heterocycles. The molecule has 0 aromatic carbocycles. The van der Waals surface area contributed by atoms with Crippen molar-refractivity contribution < 1.29 is 14.3 Å². The number of rotatable bonds is 10. The molecule has 1 aromatic rings. The summed E-state index contributed by atoms with van der Waals surface area (Å²) in [7, 11) is 0. The second-order valence-corrected chi connectivity index (χ2v) is 6.54. The molecule has 0 saturated heterocycles. The largest absolute Gasteiger partial charge is 0.463 e. The molecule has 4 nitrogen and oxygen atoms in total. The minimum atomic E-state index is -0.324. The van der Waals surface area contributed by atoms with E-state index in [0.717, 1.165) is 4.88 Å². The molecule has 5 heteroatoms. The van der Waals surface area contributed by atoms with Crippen molar-refractivity contribution in [2.75, 3.05) is 6.61 Å². The lowest BCUT2D eigenvalue weighted by atomic mass is 10.1. The summed E-state index contributed by atoms with van der Waals surface area (Å²) in [6.45, 7) is 11.1. The number of esters is 1. The van der Waals surface area contributed by atoms with E-state index >= 15 is 0 Å². The Bertz CT molecular complexity index is 524. The number of carbonyl (C=O) groups excluding carboxylic acids is 2. The van der Waals surface area contributed by atoms with Crippen LogP contribution in [0, 0.1) is 11.8 Å². The van der Waals surface area contributed by atoms with Gasteiger partial charge < -0.3 is 10.1 Å². The third-order valence-corrected chi connectivity index (χ3v) is 4.47. The highest BCUT2D eigenvalue weighted by atomic mass is 32.1. The second kappa shape index (κ2) is 10.0. The highest BCUT2D eigenvalue weighted by Gasteiger charge is 2.22. The Hall–Kier alpha value is -1.88. The molecule has 0 spiro atoms. The van der Waals surface area contributed by atoms with Crippen LogP contribution in [0.15, 0.2) is 42.8 Å². The lowest BCUT2D eigenvalue weighted by molar-refractivity contribution is -0.149. The predicted molar refractivity (Wildman–Crippen MR) is 94.1 cm³/mol. The zero-order valence-corrected chi connectivity index (χ0v) is 14.6. The van der Waals surface area contributed by atoms with Crippen molar-refractivity contribution in [2.45, 2.75) is 32.7 Å². The third kappa shape index (κ3) is 6.40. The number of hydrogen-bond acceptors (Lipinski definition) is 4. The van der Waals surface area contributed by atoms with Crippen molar-refractivity contribution in [3.8, 4) is 0 Å². The summed E-state index contributed by atoms with van der Waals surface area (Å²) in [5.41, 5.74) is 0. The molecule has 0 aliphatic rings. The number of nitrogens with one attached hydrogen (secondary N) is 1. The van der Waals surface area contributed by atoms with Crippen LogP contribution in [0.1, 0.15) is 37.6 Å². The zero-order valence-electron chi connectivity index (χ0n) is 13.8. The van der Waals surface area contributed by atoms with E-state index in [-0.39, 0.29) is 36.4 Å². The minimum Gasteiger partial charge on any atom is -0.463 e. The van der Waals surface area contributed by atoms with E-state index in [4.69, 9.17) is 4.74 Å². The summed E-state index contributed by atoms with van der Waals surface area (Å²) >= 11 is 1.53. The van der Waals surface area contributed by atoms with Gasteiger partial charge in [0.1, 0.15) is 6.61 Å². The lowest BCUT2D eigenvalue weighted by Crippen LogP contribution is -2.35. The summed E-state index contributed by atoms with van der Waals surface area (Å²) in [5, 5.41) is 4.89. The quantitative estimate of drug-likeness (QED) is 0.521. The molecule has 0 bridgehead atoms. The first-order valence-corrected chi connectivity index (χ1v) is 8.59. The molecule has 0 aliphatic carbocycles. The molecule has 3 atom stereocenters. The first kappa shape index (κ1) is 19.2. The molecule has 126 valence electrons. The molecule has 1 heterocycles. The molecular weight excluding hydrogens is 310 g/mol. The Labute approximate surface area is 142 Å². The monoisotopic (exact) mass is 335 g/mol. The van der Waals surface area contributed by atoms with Crippen LogP contribution in [-0.4, -0.2) is 18.5 Å². The van der Waals surface area contributed by atoms with Crippen molar-refractivity contribution in [1.29, 1.82) is 0 Å². The van der Waals surface area contributed by atoms with E-state index in [9.17, 15) is 9.59 Å². The fourth-order valence-corrected chi connectivity index (χ4v) is 2.77. The van der Waals surface area contributed by atoms with Gasteiger partial charge in [-0.1, -0.05) is 32.1 Å². The van der Waals surface area contributed by atoms with E-state index in [1.807, 2.05) is 24.4 Å². The van der Waals surface area contributed by atoms with Gasteiger partial charge in [-0.2, -0.15) is 0 Å². The lowest BCUT2D eigenvalue weighted by Gasteiger charge is -2.20. The van der Waals surface area contributed by atoms with Crippen LogP contribution in [0.3, 0.4) is 0 Å². The Morgan fingerprint density at radius 2 is 1.91 bits per heavy atom. The molecule has 0 saturated carbocycles. The predicted octanol–water partition coefficient (Wildman–Crippen LogP) is 3.87. The van der Waals surface area contributed by atoms with Crippen molar-refractivity contribution in [1.82, 2.24) is 5.32 Å². The summed E-state index contributed by atoms with van der Waals surface area (Å²) in [6, 6.07) is 3.51. The molecular formula is C18H25NO3S. The minimum absolute atomic E-state index is 0.0708. The van der Waals surface area contributed by atoms with E-state index < -0.39 is 0 Å². The molecule has 1 N–H and O–H groups in total. The molecule has 1 rings (SSSR count). The van der Waals surface area contributed by atoms with Gasteiger partial charge in [-0.25, -0.2) is 0 Å². The van der Waals surface area contributed by atoms with Gasteiger partial charge in [0.25, 0.3) is 0 Å². The Kier molecular flexibility index (Phi) is 8.33. The number of ether oxygens (including phenoxy) is 1. The summed E-state index contributed by atoms with van der Waals surface area (Å²) in [4.78, 5) is 25.1. The van der Waals surface area contributed by atoms with Gasteiger partial charge in [0.05, 0.1) is 12.0 Å². The number of thiophene rings is 1. The summed E-state index contributed by atoms with van der Waals surface area (Å²) in [6.07, 6.45) is 4.60. The number of carbonyl (C=O) groups is 2. The Morgan fingerprint density at radius 3 is 2.48 bits per heavy atom. The van der Waals surface area contributed by atoms with Crippen molar-refractivity contribution in [2.24, 2.45) is 11.8 Å². The average Bonchev–Trinajstić information content (AvgIpc) is 3.05. The Morgan fingerprint density at radius 1 is 1.26 bits per heavy atom. The highest BCUT2D eigenvalue weighted by molar-refractivity contribution is 7.10. The summed E-state index contributed by atoms with van der Waals surface area (Å²) in [5.74, 6) is -0.740. The first-order chi connectivity index (χ1) is 11.0. The molecule has 0 fully saturated rings. The number of amides is 1. The van der Waals surface area contributed by atoms with Crippen LogP contribution >= 0.6 is 11.3 Å². The molecule has 1 unspecified atom stereocenters. The normalized spacial score (nSPS) is 14.3. The first-order valence-electron chi connectivity index (χ1n) is 7.71. The smallest absolute Gasteiger partial charge is 0.309 e. The second-order valence-electron chi connectivity index (χ2n) is 5.56. The SMILES string of the molecule is C=CCC(C)C(=O)OC[C@@H](NC(=O)[C@@H](C)CC=C)c1cccs1. The van der Waals surface area contributed by atoms with Gasteiger partial charge in [0.2, 0.25) is 5.91 Å². The van der Waals surface area contributed by atoms with Gasteiger partial charge in [-0.15, -0.1) is 24.5 Å². The highest BCUT2D eigenvalue weighted by Crippen LogP contribution is 2.21. The maximum absolute atomic E-state index is 12.2. The van der Waals surface area contributed by atoms with Crippen molar-refractivity contribution in [3.05, 3.63) is 47.7 Å². The Balaban J connectivity index is 2.67. The van der Waals surface area contributed by atoms with Gasteiger partial charge in [-0.3, -0.25) is 9.59 Å². The molecule has 1 amide bonds. The van der Waals surface area contributed by atoms with E-state index in [0.29, 0.717) is 12.8 Å². The van der Waals surface area contributed by atoms with Gasteiger partial charge in [0, 0.05) is 10.8 Å². The molecule has 1 aromatic heterocycles. The molecule has 23 heavy (non-hydrogen) atoms. The van der Waals surface area contributed by atoms with Crippen LogP contribution < -0.4 is 5.32 Å². The number of hydrogen-bond donors (Lipinski definition) is 1. The fourth-order valence-electron chi connectivity index (χ4n) is 2.01. The van der Waals surface area contributed by atoms with E-state index in [2.05, 4.69) is 18.5 Å².